The van der Waals surface area contributed by atoms with Gasteiger partial charge in [-0.15, -0.1) is 5.10 Å². The topological polar surface area (TPSA) is 68.0 Å². The molecule has 0 saturated heterocycles. The van der Waals surface area contributed by atoms with Crippen LogP contribution >= 0.6 is 0 Å². The molecule has 4 saturated carbocycles. The van der Waals surface area contributed by atoms with E-state index in [9.17, 15) is 4.79 Å². The molecule has 19 heavy (non-hydrogen) atoms. The van der Waals surface area contributed by atoms with Crippen molar-refractivity contribution >= 4 is 5.97 Å². The lowest BCUT2D eigenvalue weighted by molar-refractivity contribution is -0.0447. The van der Waals surface area contributed by atoms with Gasteiger partial charge in [0.05, 0.1) is 6.20 Å². The summed E-state index contributed by atoms with van der Waals surface area (Å²) in [5, 5.41) is 16.9. The van der Waals surface area contributed by atoms with Gasteiger partial charge in [-0.1, -0.05) is 5.21 Å². The molecule has 0 amide bonds. The van der Waals surface area contributed by atoms with Crippen molar-refractivity contribution in [1.29, 1.82) is 0 Å². The van der Waals surface area contributed by atoms with Gasteiger partial charge in [0.25, 0.3) is 0 Å². The number of carbonyl (C=O) groups is 1. The monoisotopic (exact) mass is 261 g/mol. The Balaban J connectivity index is 1.57. The Morgan fingerprint density at radius 2 is 1.84 bits per heavy atom. The van der Waals surface area contributed by atoms with E-state index in [-0.39, 0.29) is 5.69 Å². The zero-order valence-corrected chi connectivity index (χ0v) is 10.9. The highest BCUT2D eigenvalue weighted by Gasteiger charge is 2.48. The second-order valence-corrected chi connectivity index (χ2v) is 6.70. The van der Waals surface area contributed by atoms with Crippen LogP contribution in [-0.4, -0.2) is 26.1 Å². The summed E-state index contributed by atoms with van der Waals surface area (Å²) in [5.74, 6) is 3.19. The van der Waals surface area contributed by atoms with Gasteiger partial charge in [-0.3, -0.25) is 0 Å². The number of hydrogen-bond acceptors (Lipinski definition) is 3. The molecular formula is C14H19N3O2. The average Bonchev–Trinajstić information content (AvgIpc) is 2.81. The van der Waals surface area contributed by atoms with Gasteiger partial charge in [0.1, 0.15) is 0 Å². The molecule has 1 N–H and O–H groups in total. The van der Waals surface area contributed by atoms with Crippen LogP contribution in [0.3, 0.4) is 0 Å². The number of nitrogens with zero attached hydrogens (tertiary/aromatic N) is 3. The van der Waals surface area contributed by atoms with Crippen LogP contribution < -0.4 is 0 Å². The molecule has 0 spiro atoms. The molecule has 0 aliphatic heterocycles. The molecule has 1 aromatic rings. The van der Waals surface area contributed by atoms with Crippen LogP contribution in [0.1, 0.15) is 42.6 Å². The Bertz CT molecular complexity index is 483. The second kappa shape index (κ2) is 4.05. The lowest BCUT2D eigenvalue weighted by atomic mass is 9.52. The molecule has 5 nitrogen and oxygen atoms in total. The molecule has 1 heterocycles. The maximum Gasteiger partial charge on any atom is 0.355 e. The SMILES string of the molecule is O=C(O)c1cnnn1CC1C2CC3CC(C2)CC1C3. The summed E-state index contributed by atoms with van der Waals surface area (Å²) in [6.45, 7) is 0.746. The number of aromatic nitrogens is 3. The van der Waals surface area contributed by atoms with Gasteiger partial charge in [0.2, 0.25) is 0 Å². The van der Waals surface area contributed by atoms with Gasteiger partial charge in [-0.05, 0) is 61.7 Å². The Morgan fingerprint density at radius 3 is 2.42 bits per heavy atom. The third kappa shape index (κ3) is 1.78. The maximum atomic E-state index is 11.1. The van der Waals surface area contributed by atoms with Crippen molar-refractivity contribution in [3.05, 3.63) is 11.9 Å². The number of hydrogen-bond donors (Lipinski definition) is 1. The second-order valence-electron chi connectivity index (χ2n) is 6.70. The van der Waals surface area contributed by atoms with Crippen LogP contribution in [0.4, 0.5) is 0 Å². The average molecular weight is 261 g/mol. The fourth-order valence-electron chi connectivity index (χ4n) is 5.09. The van der Waals surface area contributed by atoms with E-state index in [1.54, 1.807) is 4.68 Å². The first kappa shape index (κ1) is 11.4. The number of rotatable bonds is 3. The van der Waals surface area contributed by atoms with Gasteiger partial charge in [-0.25, -0.2) is 9.48 Å². The smallest absolute Gasteiger partial charge is 0.355 e. The Hall–Kier alpha value is -1.39. The standard InChI is InChI=1S/C14H19N3O2/c18-14(19)13-6-15-16-17(13)7-12-10-2-8-1-9(4-10)5-11(12)3-8/h6,8-12H,1-5,7H2,(H,18,19). The fraction of sp³-hybridized carbons (Fsp3) is 0.786. The van der Waals surface area contributed by atoms with Crippen molar-refractivity contribution in [2.45, 2.75) is 38.6 Å². The van der Waals surface area contributed by atoms with Crippen molar-refractivity contribution in [3.63, 3.8) is 0 Å². The van der Waals surface area contributed by atoms with E-state index in [2.05, 4.69) is 10.3 Å². The highest BCUT2D eigenvalue weighted by Crippen LogP contribution is 2.56. The van der Waals surface area contributed by atoms with Crippen molar-refractivity contribution in [1.82, 2.24) is 15.0 Å². The molecule has 1 aromatic heterocycles. The highest BCUT2D eigenvalue weighted by atomic mass is 16.4. The van der Waals surface area contributed by atoms with Gasteiger partial charge < -0.3 is 5.11 Å². The summed E-state index contributed by atoms with van der Waals surface area (Å²) in [6.07, 6.45) is 8.23. The summed E-state index contributed by atoms with van der Waals surface area (Å²) < 4.78 is 1.61. The lowest BCUT2D eigenvalue weighted by Crippen LogP contribution is -2.46. The fourth-order valence-corrected chi connectivity index (χ4v) is 5.09. The molecule has 4 fully saturated rings. The summed E-state index contributed by atoms with van der Waals surface area (Å²) in [5.41, 5.74) is 0.230. The zero-order valence-electron chi connectivity index (χ0n) is 10.9. The van der Waals surface area contributed by atoms with Crippen LogP contribution in [0.5, 0.6) is 0 Å². The minimum absolute atomic E-state index is 0.230. The van der Waals surface area contributed by atoms with E-state index >= 15 is 0 Å². The van der Waals surface area contributed by atoms with Crippen LogP contribution in [0.15, 0.2) is 6.20 Å². The highest BCUT2D eigenvalue weighted by molar-refractivity contribution is 5.85. The molecule has 5 heteroatoms. The predicted octanol–water partition coefficient (Wildman–Crippen LogP) is 2.05. The summed E-state index contributed by atoms with van der Waals surface area (Å²) >= 11 is 0. The first-order chi connectivity index (χ1) is 9.20. The Morgan fingerprint density at radius 1 is 1.21 bits per heavy atom. The molecule has 5 rings (SSSR count). The van der Waals surface area contributed by atoms with Gasteiger partial charge in [-0.2, -0.15) is 0 Å². The lowest BCUT2D eigenvalue weighted by Gasteiger charge is -2.54. The first-order valence-electron chi connectivity index (χ1n) is 7.32. The van der Waals surface area contributed by atoms with E-state index in [1.165, 1.54) is 38.3 Å². The number of aromatic carboxylic acids is 1. The Labute approximate surface area is 112 Å². The molecule has 102 valence electrons. The minimum Gasteiger partial charge on any atom is -0.476 e. The third-order valence-electron chi connectivity index (χ3n) is 5.64. The normalized spacial score (nSPS) is 39.7. The van der Waals surface area contributed by atoms with Crippen molar-refractivity contribution in [2.75, 3.05) is 0 Å². The van der Waals surface area contributed by atoms with E-state index in [0.717, 1.165) is 30.2 Å². The molecule has 0 radical (unpaired) electrons. The van der Waals surface area contributed by atoms with Crippen LogP contribution in [0, 0.1) is 29.6 Å². The zero-order chi connectivity index (χ0) is 13.0. The molecule has 4 aliphatic carbocycles. The van der Waals surface area contributed by atoms with Crippen molar-refractivity contribution in [3.8, 4) is 0 Å². The third-order valence-corrected chi connectivity index (χ3v) is 5.64. The maximum absolute atomic E-state index is 11.1. The van der Waals surface area contributed by atoms with Crippen molar-refractivity contribution in [2.24, 2.45) is 29.6 Å². The van der Waals surface area contributed by atoms with Gasteiger partial charge in [0.15, 0.2) is 5.69 Å². The largest absolute Gasteiger partial charge is 0.476 e. The molecule has 0 unspecified atom stereocenters. The molecular weight excluding hydrogens is 242 g/mol. The van der Waals surface area contributed by atoms with E-state index in [0.29, 0.717) is 5.92 Å². The molecule has 0 aromatic carbocycles. The molecule has 0 atom stereocenters. The summed E-state index contributed by atoms with van der Waals surface area (Å²) in [7, 11) is 0. The van der Waals surface area contributed by atoms with Gasteiger partial charge in [0, 0.05) is 6.54 Å². The summed E-state index contributed by atoms with van der Waals surface area (Å²) in [4.78, 5) is 11.1. The van der Waals surface area contributed by atoms with E-state index in [1.807, 2.05) is 0 Å². The molecule has 4 bridgehead atoms. The number of carboxylic acid groups (broad SMARTS) is 1. The Kier molecular flexibility index (Phi) is 2.44. The minimum atomic E-state index is -0.922. The van der Waals surface area contributed by atoms with Gasteiger partial charge >= 0.3 is 5.97 Å². The van der Waals surface area contributed by atoms with Crippen LogP contribution in [-0.2, 0) is 6.54 Å². The summed E-state index contributed by atoms with van der Waals surface area (Å²) in [6, 6.07) is 0. The van der Waals surface area contributed by atoms with Crippen LogP contribution in [0.25, 0.3) is 0 Å². The van der Waals surface area contributed by atoms with Crippen LogP contribution in [0.2, 0.25) is 0 Å². The first-order valence-corrected chi connectivity index (χ1v) is 7.32. The number of carboxylic acids is 1. The predicted molar refractivity (Wildman–Crippen MR) is 67.5 cm³/mol. The quantitative estimate of drug-likeness (QED) is 0.904. The van der Waals surface area contributed by atoms with E-state index in [4.69, 9.17) is 5.11 Å². The van der Waals surface area contributed by atoms with E-state index < -0.39 is 5.97 Å². The molecule has 4 aliphatic rings. The van der Waals surface area contributed by atoms with Crippen molar-refractivity contribution < 1.29 is 9.90 Å².